The van der Waals surface area contributed by atoms with Crippen LogP contribution in [0.3, 0.4) is 0 Å². The maximum absolute atomic E-state index is 4.62. The summed E-state index contributed by atoms with van der Waals surface area (Å²) in [6.07, 6.45) is 3.70. The monoisotopic (exact) mass is 352 g/mol. The molecule has 0 spiro atoms. The Bertz CT molecular complexity index is 143. The van der Waals surface area contributed by atoms with Crippen LogP contribution in [-0.2, 0) is 19.8 Å². The average molecular weight is 352 g/mol. The quantitative estimate of drug-likeness (QED) is 0.780. The molecule has 0 saturated carbocycles. The molecule has 0 saturated heterocycles. The molecule has 13 heavy (non-hydrogen) atoms. The molecule has 0 aliphatic carbocycles. The zero-order valence-corrected chi connectivity index (χ0v) is 12.8. The summed E-state index contributed by atoms with van der Waals surface area (Å²) in [5.41, 5.74) is 0.398. The van der Waals surface area contributed by atoms with Gasteiger partial charge >= 0.3 is 92.4 Å². The van der Waals surface area contributed by atoms with Gasteiger partial charge < -0.3 is 0 Å². The van der Waals surface area contributed by atoms with Gasteiger partial charge in [-0.2, -0.15) is 0 Å². The third-order valence-electron chi connectivity index (χ3n) is 2.61. The number of hydrogen-bond acceptors (Lipinski definition) is 1. The summed E-state index contributed by atoms with van der Waals surface area (Å²) in [6.45, 7) is 11.1. The van der Waals surface area contributed by atoms with Crippen molar-refractivity contribution in [1.29, 1.82) is 0 Å². The van der Waals surface area contributed by atoms with Crippen molar-refractivity contribution in [3.63, 3.8) is 0 Å². The molecule has 0 heterocycles. The van der Waals surface area contributed by atoms with Gasteiger partial charge in [-0.3, -0.25) is 0 Å². The third-order valence-corrected chi connectivity index (χ3v) is 6.74. The summed E-state index contributed by atoms with van der Waals surface area (Å²) in [5, 5.41) is 0. The summed E-state index contributed by atoms with van der Waals surface area (Å²) in [6, 6.07) is 0.521. The van der Waals surface area contributed by atoms with E-state index in [4.69, 9.17) is 0 Å². The van der Waals surface area contributed by atoms with Crippen LogP contribution in [0.15, 0.2) is 3.34 Å². The Labute approximate surface area is 92.4 Å². The van der Waals surface area contributed by atoms with Gasteiger partial charge in [0.15, 0.2) is 0 Å². The van der Waals surface area contributed by atoms with E-state index >= 15 is 0 Å². The molecule has 3 heteroatoms. The molecule has 0 unspecified atom stereocenters. The fraction of sp³-hybridized carbons (Fsp3) is 1.00. The van der Waals surface area contributed by atoms with Crippen LogP contribution in [0.5, 0.6) is 0 Å². The van der Waals surface area contributed by atoms with Crippen LogP contribution in [0.2, 0.25) is 0 Å². The Hall–Kier alpha value is 0.500. The van der Waals surface area contributed by atoms with E-state index in [1.807, 2.05) is 0 Å². The molecule has 0 aromatic rings. The van der Waals surface area contributed by atoms with Gasteiger partial charge in [0.2, 0.25) is 0 Å². The van der Waals surface area contributed by atoms with Crippen molar-refractivity contribution in [2.24, 2.45) is 3.34 Å². The molecule has 0 atom stereocenters. The Balaban J connectivity index is 4.10. The summed E-state index contributed by atoms with van der Waals surface area (Å²) in [5.74, 6) is 0. The number of nitrogens with one attached hydrogen (secondary N) is 1. The fourth-order valence-electron chi connectivity index (χ4n) is 1.24. The summed E-state index contributed by atoms with van der Waals surface area (Å²) in [7, 11) is 0. The molecule has 0 fully saturated rings. The van der Waals surface area contributed by atoms with Crippen LogP contribution in [-0.4, -0.2) is 11.6 Å². The molecule has 0 amide bonds. The van der Waals surface area contributed by atoms with Gasteiger partial charge in [-0.15, -0.1) is 0 Å². The van der Waals surface area contributed by atoms with Crippen LogP contribution in [0.4, 0.5) is 0 Å². The van der Waals surface area contributed by atoms with Crippen molar-refractivity contribution in [2.75, 3.05) is 0 Å². The molecule has 0 rings (SSSR count). The first-order chi connectivity index (χ1) is 6.10. The van der Waals surface area contributed by atoms with E-state index in [9.17, 15) is 0 Å². The van der Waals surface area contributed by atoms with E-state index in [-0.39, 0.29) is 0 Å². The first-order valence-corrected chi connectivity index (χ1v) is 8.31. The average Bonchev–Trinajstić information content (AvgIpc) is 2.13. The molecular formula is C10H23N2Ta. The molecule has 1 N–H and O–H groups in total. The Morgan fingerprint density at radius 1 is 1.15 bits per heavy atom. The number of hydrogen-bond donors (Lipinski definition) is 1. The van der Waals surface area contributed by atoms with Crippen LogP contribution in [0, 0.1) is 0 Å². The molecular weight excluding hydrogens is 329 g/mol. The van der Waals surface area contributed by atoms with Crippen molar-refractivity contribution < 1.29 is 19.8 Å². The van der Waals surface area contributed by atoms with E-state index in [0.717, 1.165) is 0 Å². The fourth-order valence-corrected chi connectivity index (χ4v) is 4.74. The SMILES string of the molecule is CCC(CC)(CC)[NH]/[Ta]=[N]/C(C)C. The standard InChI is InChI=1S/C7H16N.C3H7N.Ta/c1-4-7(8,5-2)6-3;1-3(2)4;/h8H,4-6H2,1-3H3;3H,1-2H3;/q-1;;+1. The predicted octanol–water partition coefficient (Wildman–Crippen LogP) is 3.13. The summed E-state index contributed by atoms with van der Waals surface area (Å²) < 4.78 is 8.35. The topological polar surface area (TPSA) is 24.4 Å². The predicted molar refractivity (Wildman–Crippen MR) is 54.3 cm³/mol. The minimum atomic E-state index is -0.757. The Morgan fingerprint density at radius 2 is 1.62 bits per heavy atom. The zero-order valence-electron chi connectivity index (χ0n) is 9.59. The minimum absolute atomic E-state index is 0.398. The van der Waals surface area contributed by atoms with E-state index in [0.29, 0.717) is 11.6 Å². The Morgan fingerprint density at radius 3 is 1.92 bits per heavy atom. The van der Waals surface area contributed by atoms with Gasteiger partial charge in [0.25, 0.3) is 0 Å². The van der Waals surface area contributed by atoms with Gasteiger partial charge in [0.1, 0.15) is 0 Å². The Kier molecular flexibility index (Phi) is 7.15. The molecule has 0 aromatic heterocycles. The van der Waals surface area contributed by atoms with Gasteiger partial charge in [-0.05, 0) is 0 Å². The van der Waals surface area contributed by atoms with Crippen molar-refractivity contribution in [2.45, 2.75) is 65.5 Å². The van der Waals surface area contributed by atoms with Crippen molar-refractivity contribution in [3.05, 3.63) is 0 Å². The molecule has 0 bridgehead atoms. The van der Waals surface area contributed by atoms with Crippen LogP contribution >= 0.6 is 0 Å². The second-order valence-corrected chi connectivity index (χ2v) is 6.11. The van der Waals surface area contributed by atoms with E-state index in [2.05, 4.69) is 41.7 Å². The van der Waals surface area contributed by atoms with Crippen LogP contribution < -0.4 is 3.72 Å². The number of rotatable bonds is 6. The van der Waals surface area contributed by atoms with Gasteiger partial charge in [-0.25, -0.2) is 0 Å². The van der Waals surface area contributed by atoms with Crippen LogP contribution in [0.25, 0.3) is 0 Å². The summed E-state index contributed by atoms with van der Waals surface area (Å²) in [4.78, 5) is 0. The van der Waals surface area contributed by atoms with E-state index < -0.39 is 19.8 Å². The second kappa shape index (κ2) is 6.88. The molecule has 0 radical (unpaired) electrons. The molecule has 0 aromatic carbocycles. The van der Waals surface area contributed by atoms with Gasteiger partial charge in [0.05, 0.1) is 0 Å². The van der Waals surface area contributed by atoms with E-state index in [1.54, 1.807) is 0 Å². The number of nitrogens with zero attached hydrogens (tertiary/aromatic N) is 1. The normalized spacial score (nSPS) is 13.1. The molecule has 78 valence electrons. The molecule has 0 aliphatic heterocycles. The van der Waals surface area contributed by atoms with Crippen LogP contribution in [0.1, 0.15) is 53.9 Å². The summed E-state index contributed by atoms with van der Waals surface area (Å²) >= 11 is -0.757. The van der Waals surface area contributed by atoms with Crippen molar-refractivity contribution in [1.82, 2.24) is 3.72 Å². The third kappa shape index (κ3) is 5.06. The van der Waals surface area contributed by atoms with Crippen molar-refractivity contribution >= 4 is 0 Å². The van der Waals surface area contributed by atoms with E-state index in [1.165, 1.54) is 19.3 Å². The van der Waals surface area contributed by atoms with Gasteiger partial charge in [-0.1, -0.05) is 0 Å². The molecule has 0 aliphatic rings. The second-order valence-electron chi connectivity index (χ2n) is 3.76. The zero-order chi connectivity index (χ0) is 10.3. The van der Waals surface area contributed by atoms with Crippen molar-refractivity contribution in [3.8, 4) is 0 Å². The first-order valence-electron chi connectivity index (χ1n) is 5.27. The van der Waals surface area contributed by atoms with Gasteiger partial charge in [0, 0.05) is 0 Å². The molecule has 2 nitrogen and oxygen atoms in total. The first kappa shape index (κ1) is 13.5. The maximum atomic E-state index is 4.62.